The Hall–Kier alpha value is -2.13. The number of carbonyl (C=O) groups excluding carboxylic acids is 2. The van der Waals surface area contributed by atoms with E-state index in [9.17, 15) is 18.0 Å². The summed E-state index contributed by atoms with van der Waals surface area (Å²) in [5, 5.41) is 10.6. The quantitative estimate of drug-likeness (QED) is 0.731. The van der Waals surface area contributed by atoms with Crippen LogP contribution in [0.1, 0.15) is 25.7 Å². The molecule has 2 fully saturated rings. The van der Waals surface area contributed by atoms with E-state index in [1.54, 1.807) is 0 Å². The van der Waals surface area contributed by atoms with E-state index in [0.29, 0.717) is 18.8 Å². The first-order chi connectivity index (χ1) is 11.8. The van der Waals surface area contributed by atoms with Crippen LogP contribution in [0.25, 0.3) is 0 Å². The molecule has 2 aliphatic rings. The van der Waals surface area contributed by atoms with Gasteiger partial charge in [-0.3, -0.25) is 4.79 Å². The summed E-state index contributed by atoms with van der Waals surface area (Å²) in [6.07, 6.45) is 3.47. The Balaban J connectivity index is 1.46. The summed E-state index contributed by atoms with van der Waals surface area (Å²) < 4.78 is 22.4. The Bertz CT molecular complexity index is 751. The largest absolute Gasteiger partial charge is 0.342 e. The van der Waals surface area contributed by atoms with Crippen LogP contribution >= 0.6 is 0 Å². The Morgan fingerprint density at radius 1 is 1.04 bits per heavy atom. The van der Waals surface area contributed by atoms with Crippen LogP contribution in [0.4, 0.5) is 10.5 Å². The fourth-order valence-electron chi connectivity index (χ4n) is 2.91. The second-order valence-corrected chi connectivity index (χ2v) is 8.10. The van der Waals surface area contributed by atoms with Gasteiger partial charge in [-0.1, -0.05) is 0 Å². The highest BCUT2D eigenvalue weighted by Crippen LogP contribution is 2.31. The van der Waals surface area contributed by atoms with Gasteiger partial charge in [-0.2, -0.15) is 0 Å². The molecule has 3 rings (SSSR count). The molecule has 136 valence electrons. The molecular weight excluding hydrogens is 344 g/mol. The molecule has 4 N–H and O–H groups in total. The number of rotatable bonds is 4. The summed E-state index contributed by atoms with van der Waals surface area (Å²) >= 11 is 0. The van der Waals surface area contributed by atoms with Crippen molar-refractivity contribution in [1.29, 1.82) is 0 Å². The number of nitrogens with one attached hydrogen (secondary N) is 2. The molecule has 1 aliphatic carbocycles. The monoisotopic (exact) mass is 366 g/mol. The predicted molar refractivity (Wildman–Crippen MR) is 92.3 cm³/mol. The van der Waals surface area contributed by atoms with Gasteiger partial charge in [-0.15, -0.1) is 0 Å². The molecule has 0 bridgehead atoms. The number of hydrogen-bond donors (Lipinski definition) is 3. The van der Waals surface area contributed by atoms with Crippen molar-refractivity contribution in [1.82, 2.24) is 10.2 Å². The molecule has 8 nitrogen and oxygen atoms in total. The average Bonchev–Trinajstić information content (AvgIpc) is 3.39. The minimum absolute atomic E-state index is 0.00819. The van der Waals surface area contributed by atoms with E-state index in [1.807, 2.05) is 4.90 Å². The van der Waals surface area contributed by atoms with Gasteiger partial charge >= 0.3 is 6.03 Å². The van der Waals surface area contributed by atoms with Crippen LogP contribution in [0.3, 0.4) is 0 Å². The number of primary sulfonamides is 1. The van der Waals surface area contributed by atoms with Crippen molar-refractivity contribution < 1.29 is 18.0 Å². The normalized spacial score (nSPS) is 18.7. The molecule has 1 aliphatic heterocycles. The molecule has 9 heteroatoms. The van der Waals surface area contributed by atoms with Gasteiger partial charge in [0.25, 0.3) is 0 Å². The molecule has 25 heavy (non-hydrogen) atoms. The third-order valence-corrected chi connectivity index (χ3v) is 5.44. The number of amides is 3. The van der Waals surface area contributed by atoms with Crippen LogP contribution in [0.15, 0.2) is 29.2 Å². The van der Waals surface area contributed by atoms with E-state index in [2.05, 4.69) is 10.6 Å². The molecule has 1 heterocycles. The Morgan fingerprint density at radius 3 is 2.16 bits per heavy atom. The molecule has 1 aromatic rings. The molecule has 0 unspecified atom stereocenters. The zero-order chi connectivity index (χ0) is 18.0. The molecule has 1 saturated carbocycles. The Kier molecular flexibility index (Phi) is 4.96. The summed E-state index contributed by atoms with van der Waals surface area (Å²) in [6, 6.07) is 5.31. The van der Waals surface area contributed by atoms with Crippen LogP contribution in [-0.4, -0.2) is 44.4 Å². The molecule has 1 aromatic carbocycles. The summed E-state index contributed by atoms with van der Waals surface area (Å²) in [5.74, 6) is 0.478. The molecule has 0 atom stereocenters. The van der Waals surface area contributed by atoms with Crippen molar-refractivity contribution in [2.75, 3.05) is 18.4 Å². The third kappa shape index (κ3) is 4.70. The van der Waals surface area contributed by atoms with Crippen molar-refractivity contribution in [3.8, 4) is 0 Å². The van der Waals surface area contributed by atoms with Crippen LogP contribution in [0, 0.1) is 5.92 Å². The molecule has 0 aromatic heterocycles. The van der Waals surface area contributed by atoms with Gasteiger partial charge in [-0.05, 0) is 49.9 Å². The van der Waals surface area contributed by atoms with Crippen molar-refractivity contribution in [2.45, 2.75) is 36.6 Å². The van der Waals surface area contributed by atoms with Gasteiger partial charge < -0.3 is 15.5 Å². The van der Waals surface area contributed by atoms with E-state index < -0.39 is 10.0 Å². The lowest BCUT2D eigenvalue weighted by Gasteiger charge is -2.32. The number of anilines is 1. The SMILES string of the molecule is NS(=O)(=O)c1ccc(NC(=O)NC2CCN(C(=O)C3CC3)CC2)cc1. The average molecular weight is 366 g/mol. The van der Waals surface area contributed by atoms with Gasteiger partial charge in [0, 0.05) is 30.7 Å². The van der Waals surface area contributed by atoms with E-state index in [1.165, 1.54) is 24.3 Å². The van der Waals surface area contributed by atoms with Crippen molar-refractivity contribution >= 4 is 27.6 Å². The van der Waals surface area contributed by atoms with Crippen LogP contribution < -0.4 is 15.8 Å². The van der Waals surface area contributed by atoms with Crippen molar-refractivity contribution in [3.05, 3.63) is 24.3 Å². The van der Waals surface area contributed by atoms with E-state index in [-0.39, 0.29) is 28.8 Å². The standard InChI is InChI=1S/C16H22N4O4S/c17-25(23,24)14-5-3-12(4-6-14)18-16(22)19-13-7-9-20(10-8-13)15(21)11-1-2-11/h3-6,11,13H,1-2,7-10H2,(H2,17,23,24)(H2,18,19,22). The molecule has 3 amide bonds. The molecular formula is C16H22N4O4S. The van der Waals surface area contributed by atoms with Crippen molar-refractivity contribution in [3.63, 3.8) is 0 Å². The van der Waals surface area contributed by atoms with E-state index in [0.717, 1.165) is 25.7 Å². The Morgan fingerprint density at radius 2 is 1.64 bits per heavy atom. The summed E-state index contributed by atoms with van der Waals surface area (Å²) in [4.78, 5) is 25.9. The van der Waals surface area contributed by atoms with Gasteiger partial charge in [0.2, 0.25) is 15.9 Å². The lowest BCUT2D eigenvalue weighted by molar-refractivity contribution is -0.133. The topological polar surface area (TPSA) is 122 Å². The maximum Gasteiger partial charge on any atom is 0.319 e. The summed E-state index contributed by atoms with van der Waals surface area (Å²) in [6.45, 7) is 1.34. The highest BCUT2D eigenvalue weighted by Gasteiger charge is 2.35. The minimum Gasteiger partial charge on any atom is -0.342 e. The van der Waals surface area contributed by atoms with Crippen LogP contribution in [0.2, 0.25) is 0 Å². The first-order valence-corrected chi connectivity index (χ1v) is 9.87. The number of urea groups is 1. The number of carbonyl (C=O) groups is 2. The first kappa shape index (κ1) is 17.7. The third-order valence-electron chi connectivity index (χ3n) is 4.51. The van der Waals surface area contributed by atoms with E-state index in [4.69, 9.17) is 5.14 Å². The van der Waals surface area contributed by atoms with Gasteiger partial charge in [0.1, 0.15) is 0 Å². The summed E-state index contributed by atoms with van der Waals surface area (Å²) in [5.41, 5.74) is 0.478. The molecule has 0 spiro atoms. The second kappa shape index (κ2) is 7.01. The fourth-order valence-corrected chi connectivity index (χ4v) is 3.43. The number of nitrogens with two attached hydrogens (primary N) is 1. The number of hydrogen-bond acceptors (Lipinski definition) is 4. The van der Waals surface area contributed by atoms with Gasteiger partial charge in [0.15, 0.2) is 0 Å². The maximum absolute atomic E-state index is 12.1. The Labute approximate surface area is 146 Å². The molecule has 0 radical (unpaired) electrons. The minimum atomic E-state index is -3.75. The maximum atomic E-state index is 12.1. The van der Waals surface area contributed by atoms with Gasteiger partial charge in [0.05, 0.1) is 4.90 Å². The number of sulfonamides is 1. The number of likely N-dealkylation sites (tertiary alicyclic amines) is 1. The lowest BCUT2D eigenvalue weighted by Crippen LogP contribution is -2.47. The van der Waals surface area contributed by atoms with E-state index >= 15 is 0 Å². The highest BCUT2D eigenvalue weighted by atomic mass is 32.2. The number of benzene rings is 1. The smallest absolute Gasteiger partial charge is 0.319 e. The van der Waals surface area contributed by atoms with Gasteiger partial charge in [-0.25, -0.2) is 18.4 Å². The van der Waals surface area contributed by atoms with Crippen LogP contribution in [0.5, 0.6) is 0 Å². The number of nitrogens with zero attached hydrogens (tertiary/aromatic N) is 1. The first-order valence-electron chi connectivity index (χ1n) is 8.32. The molecule has 1 saturated heterocycles. The van der Waals surface area contributed by atoms with Crippen LogP contribution in [-0.2, 0) is 14.8 Å². The lowest BCUT2D eigenvalue weighted by atomic mass is 10.0. The summed E-state index contributed by atoms with van der Waals surface area (Å²) in [7, 11) is -3.75. The number of piperidine rings is 1. The zero-order valence-electron chi connectivity index (χ0n) is 13.8. The predicted octanol–water partition coefficient (Wildman–Crippen LogP) is 0.857. The fraction of sp³-hybridized carbons (Fsp3) is 0.500. The highest BCUT2D eigenvalue weighted by molar-refractivity contribution is 7.89. The zero-order valence-corrected chi connectivity index (χ0v) is 14.6. The second-order valence-electron chi connectivity index (χ2n) is 6.54. The van der Waals surface area contributed by atoms with Crippen molar-refractivity contribution in [2.24, 2.45) is 11.1 Å².